The highest BCUT2D eigenvalue weighted by Gasteiger charge is 2.33. The van der Waals surface area contributed by atoms with Crippen LogP contribution in [-0.4, -0.2) is 38.1 Å². The molecule has 188 valence electrons. The highest BCUT2D eigenvalue weighted by atomic mass is 32.2. The lowest BCUT2D eigenvalue weighted by molar-refractivity contribution is -0.274. The fraction of sp³-hybridized carbons (Fsp3) is 0.400. The summed E-state index contributed by atoms with van der Waals surface area (Å²) >= 11 is 1.56. The van der Waals surface area contributed by atoms with Crippen LogP contribution in [0.25, 0.3) is 0 Å². The van der Waals surface area contributed by atoms with Gasteiger partial charge in [0.05, 0.1) is 15.8 Å². The molecular weight excluding hydrogens is 497 g/mol. The summed E-state index contributed by atoms with van der Waals surface area (Å²) in [7, 11) is -3.65. The second kappa shape index (κ2) is 10.6. The molecule has 0 atom stereocenters. The number of alkyl halides is 3. The van der Waals surface area contributed by atoms with Gasteiger partial charge in [-0.15, -0.1) is 24.5 Å². The minimum Gasteiger partial charge on any atom is -0.406 e. The van der Waals surface area contributed by atoms with Gasteiger partial charge in [0.2, 0.25) is 0 Å². The maximum Gasteiger partial charge on any atom is 0.573 e. The van der Waals surface area contributed by atoms with Crippen molar-refractivity contribution in [2.75, 3.05) is 18.0 Å². The molecule has 0 saturated carbocycles. The Hall–Kier alpha value is -2.59. The Morgan fingerprint density at radius 3 is 2.26 bits per heavy atom. The number of aromatic nitrogens is 1. The van der Waals surface area contributed by atoms with Crippen LogP contribution in [0.15, 0.2) is 58.8 Å². The zero-order valence-corrected chi connectivity index (χ0v) is 20.9. The molecule has 35 heavy (non-hydrogen) atoms. The molecule has 0 aliphatic carbocycles. The maximum absolute atomic E-state index is 13.0. The number of ether oxygens (including phenoxy) is 1. The summed E-state index contributed by atoms with van der Waals surface area (Å²) in [6.07, 6.45) is -1.02. The molecule has 0 N–H and O–H groups in total. The van der Waals surface area contributed by atoms with Crippen molar-refractivity contribution in [1.82, 2.24) is 4.98 Å². The molecular formula is C25H27F3N2O3S2. The molecule has 3 aromatic rings. The van der Waals surface area contributed by atoms with Crippen LogP contribution in [0.5, 0.6) is 5.75 Å². The van der Waals surface area contributed by atoms with Gasteiger partial charge in [0.25, 0.3) is 0 Å². The van der Waals surface area contributed by atoms with Gasteiger partial charge in [-0.05, 0) is 54.7 Å². The number of nitrogens with zero attached hydrogens (tertiary/aromatic N) is 2. The zero-order valence-electron chi connectivity index (χ0n) is 19.3. The molecule has 1 fully saturated rings. The number of aryl methyl sites for hydroxylation is 1. The third kappa shape index (κ3) is 6.55. The Labute approximate surface area is 207 Å². The van der Waals surface area contributed by atoms with Gasteiger partial charge >= 0.3 is 6.36 Å². The van der Waals surface area contributed by atoms with Gasteiger partial charge in [0.1, 0.15) is 5.75 Å². The molecule has 1 aromatic heterocycles. The molecule has 2 heterocycles. The van der Waals surface area contributed by atoms with E-state index in [1.165, 1.54) is 23.3 Å². The average Bonchev–Trinajstić information content (AvgIpc) is 3.28. The molecule has 1 aliphatic rings. The summed E-state index contributed by atoms with van der Waals surface area (Å²) in [4.78, 5) is 6.87. The van der Waals surface area contributed by atoms with Crippen molar-refractivity contribution < 1.29 is 26.3 Å². The number of rotatable bonds is 8. The number of benzene rings is 2. The van der Waals surface area contributed by atoms with Crippen LogP contribution in [0, 0.1) is 0 Å². The predicted octanol–water partition coefficient (Wildman–Crippen LogP) is 6.03. The van der Waals surface area contributed by atoms with Crippen molar-refractivity contribution in [2.45, 2.75) is 55.5 Å². The number of sulfone groups is 1. The minimum atomic E-state index is -4.82. The Morgan fingerprint density at radius 1 is 1.03 bits per heavy atom. The van der Waals surface area contributed by atoms with Crippen LogP contribution in [0.1, 0.15) is 43.0 Å². The maximum atomic E-state index is 13.0. The van der Waals surface area contributed by atoms with E-state index in [2.05, 4.69) is 40.8 Å². The summed E-state index contributed by atoms with van der Waals surface area (Å²) in [6.45, 7) is 3.27. The van der Waals surface area contributed by atoms with Gasteiger partial charge in [-0.25, -0.2) is 13.4 Å². The summed E-state index contributed by atoms with van der Waals surface area (Å²) in [5.41, 5.74) is 3.53. The summed E-state index contributed by atoms with van der Waals surface area (Å²) < 4.78 is 66.9. The van der Waals surface area contributed by atoms with Crippen molar-refractivity contribution in [3.63, 3.8) is 0 Å². The normalized spacial score (nSPS) is 15.4. The first kappa shape index (κ1) is 25.5. The lowest BCUT2D eigenvalue weighted by Gasteiger charge is -2.31. The summed E-state index contributed by atoms with van der Waals surface area (Å²) in [5, 5.41) is 2.34. The molecule has 0 bridgehead atoms. The Kier molecular flexibility index (Phi) is 7.70. The number of anilines is 1. The van der Waals surface area contributed by atoms with Gasteiger partial charge < -0.3 is 9.64 Å². The van der Waals surface area contributed by atoms with Crippen molar-refractivity contribution in [3.8, 4) is 5.75 Å². The average molecular weight is 525 g/mol. The van der Waals surface area contributed by atoms with E-state index >= 15 is 0 Å². The second-order valence-electron chi connectivity index (χ2n) is 8.62. The minimum absolute atomic E-state index is 0.00645. The lowest BCUT2D eigenvalue weighted by Crippen LogP contribution is -2.39. The van der Waals surface area contributed by atoms with E-state index in [9.17, 15) is 21.6 Å². The van der Waals surface area contributed by atoms with E-state index < -0.39 is 27.2 Å². The molecule has 5 nitrogen and oxygen atoms in total. The first-order valence-electron chi connectivity index (χ1n) is 11.5. The molecule has 0 radical (unpaired) electrons. The molecule has 1 aliphatic heterocycles. The van der Waals surface area contributed by atoms with Crippen molar-refractivity contribution >= 4 is 26.3 Å². The molecule has 0 spiro atoms. The highest BCUT2D eigenvalue weighted by molar-refractivity contribution is 7.92. The first-order valence-corrected chi connectivity index (χ1v) is 13.9. The SMILES string of the molecule is CCCc1ccc(Cc2csc(N3CCC(S(=O)(=O)c4ccc(OC(F)(F)F)cc4)CC3)n2)cc1. The van der Waals surface area contributed by atoms with E-state index in [1.54, 1.807) is 11.3 Å². The Bertz CT molecular complexity index is 1220. The van der Waals surface area contributed by atoms with E-state index in [1.807, 2.05) is 5.38 Å². The van der Waals surface area contributed by atoms with Gasteiger partial charge in [0.15, 0.2) is 15.0 Å². The van der Waals surface area contributed by atoms with E-state index in [0.717, 1.165) is 42.2 Å². The molecule has 4 rings (SSSR count). The summed E-state index contributed by atoms with van der Waals surface area (Å²) in [5.74, 6) is -0.442. The molecule has 0 amide bonds. The van der Waals surface area contributed by atoms with Crippen molar-refractivity contribution in [1.29, 1.82) is 0 Å². The number of thiazole rings is 1. The molecule has 1 saturated heterocycles. The first-order chi connectivity index (χ1) is 16.6. The monoisotopic (exact) mass is 524 g/mol. The summed E-state index contributed by atoms with van der Waals surface area (Å²) in [6, 6.07) is 13.0. The predicted molar refractivity (Wildman–Crippen MR) is 131 cm³/mol. The number of halogens is 3. The number of hydrogen-bond acceptors (Lipinski definition) is 6. The van der Waals surface area contributed by atoms with Gasteiger partial charge in [-0.1, -0.05) is 37.6 Å². The lowest BCUT2D eigenvalue weighted by atomic mass is 10.1. The van der Waals surface area contributed by atoms with Crippen LogP contribution in [0.4, 0.5) is 18.3 Å². The number of piperidine rings is 1. The standard InChI is InChI=1S/C25H27F3N2O3S2/c1-2-3-18-4-6-19(7-5-18)16-20-17-34-24(29-20)30-14-12-23(13-15-30)35(31,32)22-10-8-21(9-11-22)33-25(26,27)28/h4-11,17,23H,2-3,12-16H2,1H3. The molecule has 10 heteroatoms. The third-order valence-corrected chi connectivity index (χ3v) is 9.25. The van der Waals surface area contributed by atoms with E-state index in [0.29, 0.717) is 25.9 Å². The van der Waals surface area contributed by atoms with E-state index in [4.69, 9.17) is 4.98 Å². The molecule has 2 aromatic carbocycles. The topological polar surface area (TPSA) is 59.5 Å². The van der Waals surface area contributed by atoms with Crippen molar-refractivity contribution in [2.24, 2.45) is 0 Å². The second-order valence-corrected chi connectivity index (χ2v) is 11.7. The smallest absolute Gasteiger partial charge is 0.406 e. The van der Waals surface area contributed by atoms with Crippen LogP contribution < -0.4 is 9.64 Å². The van der Waals surface area contributed by atoms with Gasteiger partial charge in [0, 0.05) is 24.9 Å². The van der Waals surface area contributed by atoms with Crippen LogP contribution in [-0.2, 0) is 22.7 Å². The fourth-order valence-corrected chi connectivity index (χ4v) is 6.84. The Morgan fingerprint density at radius 2 is 1.66 bits per heavy atom. The quantitative estimate of drug-likeness (QED) is 0.360. The Balaban J connectivity index is 1.34. The van der Waals surface area contributed by atoms with Crippen LogP contribution in [0.2, 0.25) is 0 Å². The van der Waals surface area contributed by atoms with Crippen LogP contribution in [0.3, 0.4) is 0 Å². The highest BCUT2D eigenvalue weighted by Crippen LogP contribution is 2.31. The third-order valence-electron chi connectivity index (χ3n) is 6.02. The zero-order chi connectivity index (χ0) is 25.1. The largest absolute Gasteiger partial charge is 0.573 e. The van der Waals surface area contributed by atoms with Gasteiger partial charge in [-0.3, -0.25) is 0 Å². The van der Waals surface area contributed by atoms with Crippen molar-refractivity contribution in [3.05, 3.63) is 70.7 Å². The fourth-order valence-electron chi connectivity index (χ4n) is 4.23. The van der Waals surface area contributed by atoms with E-state index in [-0.39, 0.29) is 4.90 Å². The van der Waals surface area contributed by atoms with Crippen LogP contribution >= 0.6 is 11.3 Å². The number of hydrogen-bond donors (Lipinski definition) is 0. The molecule has 0 unspecified atom stereocenters. The van der Waals surface area contributed by atoms with Gasteiger partial charge in [-0.2, -0.15) is 0 Å².